The van der Waals surface area contributed by atoms with Crippen molar-refractivity contribution in [1.29, 1.82) is 0 Å². The first-order chi connectivity index (χ1) is 10.8. The van der Waals surface area contributed by atoms with E-state index >= 15 is 0 Å². The standard InChI is InChI=1S/C12H8S8Se2/c1-13-10-11(14-2)22-12(21-10)9-19-7-8(20-9)18-6(17-7)5-15-3-4-16-5/h3-4H,1-2H3. The molecule has 0 radical (unpaired) electrons. The van der Waals surface area contributed by atoms with Crippen molar-refractivity contribution < 1.29 is 0 Å². The molecule has 0 N–H and O–H groups in total. The molecular formula is C12H8S8Se2. The Morgan fingerprint density at radius 3 is 1.64 bits per heavy atom. The molecule has 0 atom stereocenters. The average Bonchev–Trinajstić information content (AvgIpc) is 3.26. The summed E-state index contributed by atoms with van der Waals surface area (Å²) in [5.41, 5.74) is 0. The van der Waals surface area contributed by atoms with E-state index < -0.39 is 0 Å². The van der Waals surface area contributed by atoms with Crippen LogP contribution in [0.5, 0.6) is 0 Å². The van der Waals surface area contributed by atoms with Crippen LogP contribution < -0.4 is 0 Å². The monoisotopic (exact) mass is 568 g/mol. The molecule has 0 aliphatic carbocycles. The Morgan fingerprint density at radius 2 is 1.14 bits per heavy atom. The third-order valence-electron chi connectivity index (χ3n) is 2.56. The van der Waals surface area contributed by atoms with E-state index in [1.165, 1.54) is 16.9 Å². The molecule has 4 aliphatic rings. The number of hydrogen-bond donors (Lipinski definition) is 0. The molecule has 10 heteroatoms. The van der Waals surface area contributed by atoms with Crippen LogP contribution in [0.1, 0.15) is 0 Å². The van der Waals surface area contributed by atoms with Crippen molar-refractivity contribution >= 4 is 124 Å². The van der Waals surface area contributed by atoms with Crippen molar-refractivity contribution in [2.24, 2.45) is 0 Å². The Bertz CT molecular complexity index is 637. The molecule has 0 saturated heterocycles. The van der Waals surface area contributed by atoms with Crippen LogP contribution in [0.3, 0.4) is 0 Å². The van der Waals surface area contributed by atoms with E-state index in [4.69, 9.17) is 0 Å². The summed E-state index contributed by atoms with van der Waals surface area (Å²) in [4.78, 5) is 0. The van der Waals surface area contributed by atoms with Gasteiger partial charge in [-0.2, -0.15) is 0 Å². The second-order valence-corrected chi connectivity index (χ2v) is 19.4. The van der Waals surface area contributed by atoms with Crippen LogP contribution in [0.4, 0.5) is 0 Å². The Balaban J connectivity index is 1.47. The molecule has 0 amide bonds. The van der Waals surface area contributed by atoms with Crippen molar-refractivity contribution in [1.82, 2.24) is 0 Å². The third-order valence-corrected chi connectivity index (χ3v) is 22.6. The fraction of sp³-hybridized carbons (Fsp3) is 0.167. The van der Waals surface area contributed by atoms with Crippen molar-refractivity contribution in [3.8, 4) is 0 Å². The Morgan fingerprint density at radius 1 is 0.682 bits per heavy atom. The van der Waals surface area contributed by atoms with Gasteiger partial charge in [0.15, 0.2) is 0 Å². The van der Waals surface area contributed by atoms with Crippen LogP contribution in [-0.4, -0.2) is 42.4 Å². The molecule has 4 aliphatic heterocycles. The minimum absolute atomic E-state index is 0.588. The summed E-state index contributed by atoms with van der Waals surface area (Å²) in [5.74, 6) is 0. The van der Waals surface area contributed by atoms with Gasteiger partial charge in [-0.3, -0.25) is 0 Å². The van der Waals surface area contributed by atoms with Crippen LogP contribution in [0.2, 0.25) is 0 Å². The molecule has 0 saturated carbocycles. The van der Waals surface area contributed by atoms with Gasteiger partial charge < -0.3 is 0 Å². The SMILES string of the molecule is CSC1=C(SC)[Se]C(=C2SC3=C(SC(=C4SC=CS4)S3)S2)[Se]1. The van der Waals surface area contributed by atoms with Gasteiger partial charge in [0.05, 0.1) is 0 Å². The summed E-state index contributed by atoms with van der Waals surface area (Å²) < 4.78 is 12.7. The Hall–Kier alpha value is 2.54. The zero-order chi connectivity index (χ0) is 15.1. The van der Waals surface area contributed by atoms with E-state index in [-0.39, 0.29) is 0 Å². The molecule has 0 aromatic rings. The van der Waals surface area contributed by atoms with Gasteiger partial charge in [-0.1, -0.05) is 0 Å². The van der Waals surface area contributed by atoms with Crippen molar-refractivity contribution in [3.05, 3.63) is 43.0 Å². The predicted octanol–water partition coefficient (Wildman–Crippen LogP) is 6.55. The third kappa shape index (κ3) is 3.65. The van der Waals surface area contributed by atoms with Gasteiger partial charge in [0.1, 0.15) is 0 Å². The number of thioether (sulfide) groups is 8. The molecule has 0 nitrogen and oxygen atoms in total. The second-order valence-electron chi connectivity index (χ2n) is 3.83. The average molecular weight is 567 g/mol. The van der Waals surface area contributed by atoms with E-state index in [0.717, 1.165) is 0 Å². The first kappa shape index (κ1) is 17.9. The molecule has 0 spiro atoms. The van der Waals surface area contributed by atoms with E-state index in [1.54, 1.807) is 15.2 Å². The molecule has 4 heterocycles. The molecular weight excluding hydrogens is 559 g/mol. The van der Waals surface area contributed by atoms with Crippen LogP contribution in [0.25, 0.3) is 0 Å². The summed E-state index contributed by atoms with van der Waals surface area (Å²) in [6.07, 6.45) is 4.47. The van der Waals surface area contributed by atoms with E-state index in [9.17, 15) is 0 Å². The molecule has 116 valence electrons. The fourth-order valence-electron chi connectivity index (χ4n) is 1.66. The summed E-state index contributed by atoms with van der Waals surface area (Å²) in [6, 6.07) is 0. The molecule has 22 heavy (non-hydrogen) atoms. The van der Waals surface area contributed by atoms with Crippen molar-refractivity contribution in [2.75, 3.05) is 12.5 Å². The molecule has 4 rings (SSSR count). The summed E-state index contributed by atoms with van der Waals surface area (Å²) >= 11 is 16.9. The van der Waals surface area contributed by atoms with Crippen LogP contribution in [-0.2, 0) is 0 Å². The van der Waals surface area contributed by atoms with Crippen LogP contribution in [0, 0.1) is 0 Å². The Labute approximate surface area is 177 Å². The van der Waals surface area contributed by atoms with Crippen LogP contribution in [0.15, 0.2) is 43.0 Å². The zero-order valence-corrected chi connectivity index (χ0v) is 21.2. The van der Waals surface area contributed by atoms with Gasteiger partial charge in [-0.05, 0) is 0 Å². The van der Waals surface area contributed by atoms with E-state index in [0.29, 0.717) is 29.9 Å². The topological polar surface area (TPSA) is 0 Å². The van der Waals surface area contributed by atoms with Crippen LogP contribution >= 0.6 is 94.1 Å². The Kier molecular flexibility index (Phi) is 6.56. The fourth-order valence-corrected chi connectivity index (χ4v) is 22.0. The number of rotatable bonds is 2. The summed E-state index contributed by atoms with van der Waals surface area (Å²) in [5, 5.41) is 4.38. The predicted molar refractivity (Wildman–Crippen MR) is 121 cm³/mol. The van der Waals surface area contributed by atoms with Gasteiger partial charge in [0, 0.05) is 0 Å². The van der Waals surface area contributed by atoms with Crippen molar-refractivity contribution in [3.63, 3.8) is 0 Å². The first-order valence-electron chi connectivity index (χ1n) is 5.89. The van der Waals surface area contributed by atoms with E-state index in [2.05, 4.69) is 23.3 Å². The maximum absolute atomic E-state index is 2.24. The van der Waals surface area contributed by atoms with Gasteiger partial charge in [0.2, 0.25) is 0 Å². The number of hydrogen-bond acceptors (Lipinski definition) is 8. The second kappa shape index (κ2) is 8.05. The minimum atomic E-state index is 0.588. The quantitative estimate of drug-likeness (QED) is 0.341. The molecule has 0 fully saturated rings. The van der Waals surface area contributed by atoms with Gasteiger partial charge in [-0.25, -0.2) is 0 Å². The van der Waals surface area contributed by atoms with Gasteiger partial charge in [0.25, 0.3) is 0 Å². The molecule has 0 aromatic carbocycles. The maximum atomic E-state index is 2.24. The van der Waals surface area contributed by atoms with Gasteiger partial charge in [-0.15, -0.1) is 0 Å². The molecule has 0 bridgehead atoms. The first-order valence-corrected chi connectivity index (χ1v) is 16.8. The normalized spacial score (nSPS) is 24.6. The van der Waals surface area contributed by atoms with Gasteiger partial charge >= 0.3 is 179 Å². The summed E-state index contributed by atoms with van der Waals surface area (Å²) in [6.45, 7) is 0. The molecule has 0 aromatic heterocycles. The zero-order valence-electron chi connectivity index (χ0n) is 11.2. The van der Waals surface area contributed by atoms with Crippen molar-refractivity contribution in [2.45, 2.75) is 0 Å². The molecule has 0 unspecified atom stereocenters. The summed E-state index contributed by atoms with van der Waals surface area (Å²) in [7, 11) is 0. The van der Waals surface area contributed by atoms with E-state index in [1.807, 2.05) is 94.1 Å².